The topological polar surface area (TPSA) is 194 Å². The maximum atomic E-state index is 14.2. The quantitative estimate of drug-likeness (QED) is 0.110. The fraction of sp³-hybridized carbons (Fsp3) is 0.595. The molecule has 0 fully saturated rings. The Kier molecular flexibility index (Phi) is 15.1. The van der Waals surface area contributed by atoms with E-state index in [1.807, 2.05) is 60.6 Å². The highest BCUT2D eigenvalue weighted by molar-refractivity contribution is 6.12. The van der Waals surface area contributed by atoms with Crippen LogP contribution in [0.5, 0.6) is 0 Å². The number of likely N-dealkylation sites (N-methyl/N-ethyl adjacent to an activating group) is 2. The number of rotatable bonds is 17. The third kappa shape index (κ3) is 11.5. The summed E-state index contributed by atoms with van der Waals surface area (Å²) in [5.74, 6) is -4.66. The van der Waals surface area contributed by atoms with Gasteiger partial charge in [-0.15, -0.1) is 0 Å². The van der Waals surface area contributed by atoms with Crippen molar-refractivity contribution >= 4 is 41.4 Å². The van der Waals surface area contributed by atoms with Crippen LogP contribution in [0.25, 0.3) is 0 Å². The summed E-state index contributed by atoms with van der Waals surface area (Å²) in [6, 6.07) is -3.59. The second kappa shape index (κ2) is 18.1. The van der Waals surface area contributed by atoms with Crippen LogP contribution in [-0.2, 0) is 33.6 Å². The van der Waals surface area contributed by atoms with Gasteiger partial charge in [-0.25, -0.2) is 0 Å². The lowest BCUT2D eigenvalue weighted by molar-refractivity contribution is -0.141. The van der Waals surface area contributed by atoms with Crippen LogP contribution in [0.15, 0.2) is 48.1 Å². The minimum Gasteiger partial charge on any atom is -0.481 e. The van der Waals surface area contributed by atoms with E-state index in [2.05, 4.69) is 33.4 Å². The van der Waals surface area contributed by atoms with Crippen molar-refractivity contribution in [2.45, 2.75) is 92.4 Å². The number of amides is 6. The average molecular weight is 713 g/mol. The van der Waals surface area contributed by atoms with Crippen LogP contribution in [0.2, 0.25) is 0 Å². The van der Waals surface area contributed by atoms with Crippen molar-refractivity contribution in [2.75, 3.05) is 27.2 Å². The average Bonchev–Trinajstić information content (AvgIpc) is 3.37. The minimum atomic E-state index is -1.46. The summed E-state index contributed by atoms with van der Waals surface area (Å²) in [7, 11) is 3.33. The molecule has 14 heteroatoms. The predicted octanol–water partition coefficient (Wildman–Crippen LogP) is 1.69. The van der Waals surface area contributed by atoms with Gasteiger partial charge in [0, 0.05) is 37.9 Å². The van der Waals surface area contributed by atoms with Gasteiger partial charge in [0.25, 0.3) is 11.8 Å². The molecule has 0 aromatic rings. The third-order valence-corrected chi connectivity index (χ3v) is 9.42. The fourth-order valence-electron chi connectivity index (χ4n) is 6.22. The maximum absolute atomic E-state index is 14.2. The van der Waals surface area contributed by atoms with E-state index >= 15 is 0 Å². The summed E-state index contributed by atoms with van der Waals surface area (Å²) in [5, 5.41) is 20.5. The first-order chi connectivity index (χ1) is 23.6. The van der Waals surface area contributed by atoms with Crippen LogP contribution >= 0.6 is 0 Å². The molecule has 1 aliphatic heterocycles. The van der Waals surface area contributed by atoms with E-state index < -0.39 is 71.0 Å². The summed E-state index contributed by atoms with van der Waals surface area (Å²) < 4.78 is 0. The predicted molar refractivity (Wildman–Crippen MR) is 193 cm³/mol. The van der Waals surface area contributed by atoms with Crippen molar-refractivity contribution in [1.29, 1.82) is 0 Å². The number of nitrogens with zero attached hydrogens (tertiary/aromatic N) is 2. The number of carboxylic acids is 1. The number of carboxylic acid groups (broad SMARTS) is 1. The molecule has 1 heterocycles. The second-order valence-corrected chi connectivity index (χ2v) is 15.1. The van der Waals surface area contributed by atoms with Crippen molar-refractivity contribution < 1.29 is 38.7 Å². The molecule has 2 rings (SSSR count). The highest BCUT2D eigenvalue weighted by atomic mass is 16.4. The molecule has 14 nitrogen and oxygen atoms in total. The molecule has 1 aliphatic carbocycles. The smallest absolute Gasteiger partial charge is 0.305 e. The Balaban J connectivity index is 2.22. The molecule has 0 aromatic heterocycles. The summed E-state index contributed by atoms with van der Waals surface area (Å²) in [4.78, 5) is 91.7. The standard InChI is InChI=1S/C37H56N6O8/c1-22(2)26(20-23(3)32(48)40-25(21-29(46)47)33(49)39-18-19-43-27(44)16-17-28(43)45)42(10)35(51)31(36(4,5)6)41-34(50)30(38-9)37(7,8)24-14-12-11-13-15-24/h11-14,16-17,20,22,24-26,30-31,38H,15,18-19,21H2,1-10H3,(H,39,49)(H,40,48)(H,41,50)(H,46,47)/b23-20+/t24?,25-,26-,30-,31-/m1/s1. The molecule has 282 valence electrons. The molecular formula is C37H56N6O8. The molecular weight excluding hydrogens is 656 g/mol. The molecule has 51 heavy (non-hydrogen) atoms. The van der Waals surface area contributed by atoms with Crippen molar-refractivity contribution in [3.63, 3.8) is 0 Å². The van der Waals surface area contributed by atoms with Crippen molar-refractivity contribution in [2.24, 2.45) is 22.7 Å². The number of nitrogens with one attached hydrogen (secondary N) is 4. The SMILES string of the molecule is CN[C@H](C(=O)N[C@H](C(=O)N(C)[C@H](/C=C(\C)C(=O)N[C@H](CC(=O)O)C(=O)NCCN1C(=O)C=CC1=O)C(C)C)C(C)(C)C)C(C)(C)C1C=CC=CC1. The fourth-order valence-corrected chi connectivity index (χ4v) is 6.22. The molecule has 1 unspecified atom stereocenters. The van der Waals surface area contributed by atoms with Gasteiger partial charge in [-0.05, 0) is 43.1 Å². The first kappa shape index (κ1) is 42.6. The Bertz CT molecular complexity index is 1450. The number of hydrogen-bond acceptors (Lipinski definition) is 8. The minimum absolute atomic E-state index is 0.103. The molecule has 0 bridgehead atoms. The first-order valence-electron chi connectivity index (χ1n) is 17.2. The molecule has 0 radical (unpaired) electrons. The van der Waals surface area contributed by atoms with Crippen molar-refractivity contribution in [3.05, 3.63) is 48.1 Å². The number of aliphatic carboxylic acids is 1. The molecule has 5 atom stereocenters. The number of carbonyl (C=O) groups excluding carboxylic acids is 6. The van der Waals surface area contributed by atoms with E-state index in [0.717, 1.165) is 23.5 Å². The molecule has 5 N–H and O–H groups in total. The Labute approximate surface area is 301 Å². The highest BCUT2D eigenvalue weighted by Gasteiger charge is 2.43. The number of allylic oxidation sites excluding steroid dienone is 4. The molecule has 0 spiro atoms. The van der Waals surface area contributed by atoms with Gasteiger partial charge in [0.05, 0.1) is 18.5 Å². The van der Waals surface area contributed by atoms with Crippen molar-refractivity contribution in [1.82, 2.24) is 31.1 Å². The normalized spacial score (nSPS) is 18.7. The number of hydrogen-bond donors (Lipinski definition) is 5. The Hall–Kier alpha value is -4.59. The molecule has 6 amide bonds. The summed E-state index contributed by atoms with van der Waals surface area (Å²) >= 11 is 0. The highest BCUT2D eigenvalue weighted by Crippen LogP contribution is 2.36. The lowest BCUT2D eigenvalue weighted by Crippen LogP contribution is -2.61. The summed E-state index contributed by atoms with van der Waals surface area (Å²) in [6.07, 6.45) is 12.0. The van der Waals surface area contributed by atoms with E-state index in [4.69, 9.17) is 0 Å². The maximum Gasteiger partial charge on any atom is 0.305 e. The first-order valence-corrected chi connectivity index (χ1v) is 17.2. The number of carbonyl (C=O) groups is 7. The zero-order valence-electron chi connectivity index (χ0n) is 31.5. The van der Waals surface area contributed by atoms with Gasteiger partial charge in [0.1, 0.15) is 12.1 Å². The lowest BCUT2D eigenvalue weighted by atomic mass is 9.70. The monoisotopic (exact) mass is 712 g/mol. The van der Waals surface area contributed by atoms with E-state index in [0.29, 0.717) is 0 Å². The van der Waals surface area contributed by atoms with Crippen molar-refractivity contribution in [3.8, 4) is 0 Å². The second-order valence-electron chi connectivity index (χ2n) is 15.1. The van der Waals surface area contributed by atoms with Crippen LogP contribution in [0, 0.1) is 22.7 Å². The molecule has 2 aliphatic rings. The van der Waals surface area contributed by atoms with Gasteiger partial charge < -0.3 is 31.3 Å². The Morgan fingerprint density at radius 3 is 2.08 bits per heavy atom. The Morgan fingerprint density at radius 1 is 0.980 bits per heavy atom. The van der Waals surface area contributed by atoms with E-state index in [1.54, 1.807) is 20.2 Å². The molecule has 0 aromatic carbocycles. The summed E-state index contributed by atoms with van der Waals surface area (Å²) in [5.41, 5.74) is -1.03. The van der Waals surface area contributed by atoms with E-state index in [1.165, 1.54) is 11.8 Å². The van der Waals surface area contributed by atoms with Gasteiger partial charge in [0.15, 0.2) is 0 Å². The summed E-state index contributed by atoms with van der Waals surface area (Å²) in [6.45, 7) is 14.6. The van der Waals surface area contributed by atoms with Gasteiger partial charge >= 0.3 is 5.97 Å². The van der Waals surface area contributed by atoms with Crippen LogP contribution in [0.3, 0.4) is 0 Å². The largest absolute Gasteiger partial charge is 0.481 e. The van der Waals surface area contributed by atoms with Crippen LogP contribution in [0.4, 0.5) is 0 Å². The van der Waals surface area contributed by atoms with Crippen LogP contribution in [0.1, 0.15) is 68.2 Å². The molecule has 0 saturated carbocycles. The van der Waals surface area contributed by atoms with Gasteiger partial charge in [-0.1, -0.05) is 78.8 Å². The zero-order valence-corrected chi connectivity index (χ0v) is 31.5. The molecule has 0 saturated heterocycles. The zero-order chi connectivity index (χ0) is 38.8. The van der Waals surface area contributed by atoms with Gasteiger partial charge in [0.2, 0.25) is 23.6 Å². The number of imide groups is 1. The Morgan fingerprint density at radius 2 is 1.59 bits per heavy atom. The van der Waals surface area contributed by atoms with Gasteiger partial charge in [-0.2, -0.15) is 0 Å². The van der Waals surface area contributed by atoms with E-state index in [-0.39, 0.29) is 42.3 Å². The van der Waals surface area contributed by atoms with Gasteiger partial charge in [-0.3, -0.25) is 38.5 Å². The van der Waals surface area contributed by atoms with Crippen LogP contribution in [-0.4, -0.2) is 108 Å². The van der Waals surface area contributed by atoms with Crippen LogP contribution < -0.4 is 21.3 Å². The van der Waals surface area contributed by atoms with E-state index in [9.17, 15) is 38.7 Å². The third-order valence-electron chi connectivity index (χ3n) is 9.42. The lowest BCUT2D eigenvalue weighted by Gasteiger charge is -2.42.